The number of ether oxygens (including phenoxy) is 2. The summed E-state index contributed by atoms with van der Waals surface area (Å²) in [6, 6.07) is 16.8. The molecule has 0 saturated heterocycles. The fraction of sp³-hybridized carbons (Fsp3) is 0.321. The van der Waals surface area contributed by atoms with Crippen LogP contribution >= 0.6 is 11.6 Å². The number of hydrogen-bond donors (Lipinski definition) is 1. The first kappa shape index (κ1) is 27.9. The molecular formula is C28H31ClN2O6S. The van der Waals surface area contributed by atoms with Crippen LogP contribution in [0.3, 0.4) is 0 Å². The van der Waals surface area contributed by atoms with Gasteiger partial charge in [0.25, 0.3) is 16.0 Å². The molecule has 1 heterocycles. The number of fused-ring (bicyclic) bond motifs is 1. The Labute approximate surface area is 228 Å². The first-order chi connectivity index (χ1) is 18.2. The molecule has 3 aromatic carbocycles. The molecular weight excluding hydrogens is 528 g/mol. The van der Waals surface area contributed by atoms with E-state index in [2.05, 4.69) is 0 Å². The number of nitrogens with two attached hydrogens (primary N) is 1. The highest BCUT2D eigenvalue weighted by molar-refractivity contribution is 7.86. The van der Waals surface area contributed by atoms with Crippen molar-refractivity contribution in [3.05, 3.63) is 82.4 Å². The lowest BCUT2D eigenvalue weighted by atomic mass is 10.1. The van der Waals surface area contributed by atoms with E-state index < -0.39 is 16.3 Å². The van der Waals surface area contributed by atoms with Crippen LogP contribution < -0.4 is 15.4 Å². The number of carbonyl (C=O) groups is 1. The van der Waals surface area contributed by atoms with E-state index in [1.807, 2.05) is 19.1 Å². The molecule has 0 saturated carbocycles. The zero-order valence-corrected chi connectivity index (χ0v) is 22.9. The molecule has 1 atom stereocenters. The van der Waals surface area contributed by atoms with E-state index in [9.17, 15) is 13.2 Å². The van der Waals surface area contributed by atoms with Crippen molar-refractivity contribution in [2.45, 2.75) is 43.7 Å². The number of nitrogens with zero attached hydrogens (tertiary/aromatic N) is 1. The van der Waals surface area contributed by atoms with Gasteiger partial charge in [-0.1, -0.05) is 29.3 Å². The minimum Gasteiger partial charge on any atom is -0.496 e. The number of methoxy groups -OCH3 is 1. The standard InChI is InChI=1S/C28H31ClN2O6S/c1-19-7-11-23(12-8-19)38(33,34)37-16-4-15-36-27-6-3-5-20-17-21(29)9-14-25(20)31(27)28(32)24-13-10-22(30)18-26(24)35-2/h7-14,17-18,27H,3-6,15-16,30H2,1-2H3. The first-order valence-electron chi connectivity index (χ1n) is 12.3. The van der Waals surface area contributed by atoms with E-state index in [4.69, 9.17) is 31.0 Å². The van der Waals surface area contributed by atoms with Gasteiger partial charge in [-0.05, 0) is 80.6 Å². The van der Waals surface area contributed by atoms with E-state index >= 15 is 0 Å². The number of aryl methyl sites for hydroxylation is 2. The lowest BCUT2D eigenvalue weighted by Crippen LogP contribution is -2.42. The third kappa shape index (κ3) is 6.47. The Morgan fingerprint density at radius 2 is 1.84 bits per heavy atom. The number of hydrogen-bond acceptors (Lipinski definition) is 7. The largest absolute Gasteiger partial charge is 0.496 e. The molecule has 8 nitrogen and oxygen atoms in total. The van der Waals surface area contributed by atoms with Gasteiger partial charge in [0, 0.05) is 22.5 Å². The molecule has 0 fully saturated rings. The molecule has 4 rings (SSSR count). The minimum atomic E-state index is -3.86. The summed E-state index contributed by atoms with van der Waals surface area (Å²) < 4.78 is 41.7. The van der Waals surface area contributed by atoms with Gasteiger partial charge in [0.05, 0.1) is 30.8 Å². The van der Waals surface area contributed by atoms with E-state index in [1.54, 1.807) is 41.3 Å². The third-order valence-corrected chi connectivity index (χ3v) is 7.87. The topological polar surface area (TPSA) is 108 Å². The fourth-order valence-electron chi connectivity index (χ4n) is 4.37. The van der Waals surface area contributed by atoms with Crippen LogP contribution in [0.1, 0.15) is 40.7 Å². The summed E-state index contributed by atoms with van der Waals surface area (Å²) >= 11 is 6.25. The van der Waals surface area contributed by atoms with Gasteiger partial charge in [0.2, 0.25) is 0 Å². The average molecular weight is 559 g/mol. The molecule has 2 N–H and O–H groups in total. The quantitative estimate of drug-likeness (QED) is 0.214. The summed E-state index contributed by atoms with van der Waals surface area (Å²) in [6.07, 6.45) is 1.83. The lowest BCUT2D eigenvalue weighted by Gasteiger charge is -2.32. The maximum absolute atomic E-state index is 13.9. The molecule has 1 aliphatic rings. The van der Waals surface area contributed by atoms with Crippen LogP contribution in [-0.2, 0) is 25.5 Å². The number of amides is 1. The van der Waals surface area contributed by atoms with Gasteiger partial charge in [-0.2, -0.15) is 8.42 Å². The second-order valence-corrected chi connectivity index (χ2v) is 11.1. The number of carbonyl (C=O) groups excluding carboxylic acids is 1. The maximum atomic E-state index is 13.9. The Morgan fingerprint density at radius 3 is 2.58 bits per heavy atom. The maximum Gasteiger partial charge on any atom is 0.296 e. The molecule has 1 aliphatic heterocycles. The third-order valence-electron chi connectivity index (χ3n) is 6.31. The fourth-order valence-corrected chi connectivity index (χ4v) is 5.51. The molecule has 1 amide bonds. The number of benzene rings is 3. The van der Waals surface area contributed by atoms with Gasteiger partial charge in [-0.15, -0.1) is 0 Å². The Hall–Kier alpha value is -3.11. The Morgan fingerprint density at radius 1 is 1.08 bits per heavy atom. The van der Waals surface area contributed by atoms with Gasteiger partial charge in [-0.3, -0.25) is 13.9 Å². The van der Waals surface area contributed by atoms with E-state index in [1.165, 1.54) is 19.2 Å². The van der Waals surface area contributed by atoms with Crippen LogP contribution in [0.15, 0.2) is 65.6 Å². The summed E-state index contributed by atoms with van der Waals surface area (Å²) in [6.45, 7) is 2.03. The van der Waals surface area contributed by atoms with Crippen molar-refractivity contribution < 1.29 is 26.9 Å². The molecule has 0 spiro atoms. The van der Waals surface area contributed by atoms with Gasteiger partial charge >= 0.3 is 0 Å². The second kappa shape index (κ2) is 12.2. The number of nitrogen functional groups attached to an aromatic ring is 1. The molecule has 0 aliphatic carbocycles. The smallest absolute Gasteiger partial charge is 0.296 e. The zero-order valence-electron chi connectivity index (χ0n) is 21.4. The van der Waals surface area contributed by atoms with Crippen molar-refractivity contribution in [3.8, 4) is 5.75 Å². The van der Waals surface area contributed by atoms with Crippen LogP contribution in [0.5, 0.6) is 5.75 Å². The van der Waals surface area contributed by atoms with E-state index in [0.29, 0.717) is 40.6 Å². The minimum absolute atomic E-state index is 0.0468. The van der Waals surface area contributed by atoms with Crippen molar-refractivity contribution in [2.24, 2.45) is 0 Å². The van der Waals surface area contributed by atoms with Crippen LogP contribution in [0.2, 0.25) is 5.02 Å². The summed E-state index contributed by atoms with van der Waals surface area (Å²) in [4.78, 5) is 15.6. The molecule has 0 radical (unpaired) electrons. The molecule has 38 heavy (non-hydrogen) atoms. The Kier molecular flexibility index (Phi) is 8.94. The summed E-state index contributed by atoms with van der Waals surface area (Å²) in [7, 11) is -2.37. The summed E-state index contributed by atoms with van der Waals surface area (Å²) in [5, 5.41) is 0.590. The normalized spacial score (nSPS) is 15.6. The molecule has 3 aromatic rings. The molecule has 202 valence electrons. The van der Waals surface area contributed by atoms with Crippen molar-refractivity contribution in [2.75, 3.05) is 31.0 Å². The highest BCUT2D eigenvalue weighted by Gasteiger charge is 2.32. The van der Waals surface area contributed by atoms with Crippen molar-refractivity contribution in [1.29, 1.82) is 0 Å². The summed E-state index contributed by atoms with van der Waals surface area (Å²) in [5.41, 5.74) is 9.34. The number of anilines is 2. The Balaban J connectivity index is 1.50. The number of halogens is 1. The van der Waals surface area contributed by atoms with Crippen molar-refractivity contribution in [3.63, 3.8) is 0 Å². The van der Waals surface area contributed by atoms with Crippen LogP contribution in [-0.4, -0.2) is 40.9 Å². The van der Waals surface area contributed by atoms with Crippen LogP contribution in [0.4, 0.5) is 11.4 Å². The summed E-state index contributed by atoms with van der Waals surface area (Å²) in [5.74, 6) is 0.0683. The molecule has 0 bridgehead atoms. The Bertz CT molecular complexity index is 1390. The van der Waals surface area contributed by atoms with Crippen molar-refractivity contribution >= 4 is 39.0 Å². The van der Waals surface area contributed by atoms with Crippen molar-refractivity contribution in [1.82, 2.24) is 0 Å². The number of rotatable bonds is 9. The molecule has 0 aromatic heterocycles. The van der Waals surface area contributed by atoms with Crippen LogP contribution in [0, 0.1) is 6.92 Å². The highest BCUT2D eigenvalue weighted by atomic mass is 35.5. The monoisotopic (exact) mass is 558 g/mol. The first-order valence-corrected chi connectivity index (χ1v) is 14.1. The van der Waals surface area contributed by atoms with Gasteiger partial charge in [-0.25, -0.2) is 0 Å². The predicted molar refractivity (Wildman–Crippen MR) is 147 cm³/mol. The molecule has 1 unspecified atom stereocenters. The van der Waals surface area contributed by atoms with E-state index in [0.717, 1.165) is 24.0 Å². The van der Waals surface area contributed by atoms with Gasteiger partial charge in [0.15, 0.2) is 0 Å². The highest BCUT2D eigenvalue weighted by Crippen LogP contribution is 2.35. The SMILES string of the molecule is COc1cc(N)ccc1C(=O)N1c2ccc(Cl)cc2CCCC1OCCCOS(=O)(=O)c1ccc(C)cc1. The second-order valence-electron chi connectivity index (χ2n) is 9.07. The zero-order chi connectivity index (χ0) is 27.3. The predicted octanol–water partition coefficient (Wildman–Crippen LogP) is 5.36. The molecule has 10 heteroatoms. The van der Waals surface area contributed by atoms with E-state index in [-0.39, 0.29) is 24.0 Å². The lowest BCUT2D eigenvalue weighted by molar-refractivity contribution is 0.0359. The van der Waals surface area contributed by atoms with Gasteiger partial charge < -0.3 is 15.2 Å². The van der Waals surface area contributed by atoms with Crippen LogP contribution in [0.25, 0.3) is 0 Å². The van der Waals surface area contributed by atoms with Gasteiger partial charge in [0.1, 0.15) is 12.0 Å². The average Bonchev–Trinajstić information content (AvgIpc) is 3.06.